The van der Waals surface area contributed by atoms with E-state index in [9.17, 15) is 18.8 Å². The molecule has 3 aliphatic rings. The molecule has 11 heteroatoms. The summed E-state index contributed by atoms with van der Waals surface area (Å²) in [5, 5.41) is 11.4. The monoisotopic (exact) mass is 602 g/mol. The minimum absolute atomic E-state index is 0.0967. The highest BCUT2D eigenvalue weighted by Crippen LogP contribution is 2.36. The Labute approximate surface area is 251 Å². The maximum absolute atomic E-state index is 15.1. The van der Waals surface area contributed by atoms with Crippen LogP contribution in [0.15, 0.2) is 59.5 Å². The highest BCUT2D eigenvalue weighted by molar-refractivity contribution is 8.00. The number of rotatable bonds is 7. The summed E-state index contributed by atoms with van der Waals surface area (Å²) in [6.07, 6.45) is 1.99. The number of nitriles is 1. The number of carbonyl (C=O) groups excluding carboxylic acids is 3. The summed E-state index contributed by atoms with van der Waals surface area (Å²) in [7, 11) is 0. The second-order valence-corrected chi connectivity index (χ2v) is 12.2. The van der Waals surface area contributed by atoms with Gasteiger partial charge in [0.15, 0.2) is 0 Å². The lowest BCUT2D eigenvalue weighted by atomic mass is 10.0. The molecule has 2 fully saturated rings. The Bertz CT molecular complexity index is 1650. The van der Waals surface area contributed by atoms with Gasteiger partial charge in [0.05, 0.1) is 23.9 Å². The molecule has 1 atom stereocenters. The second-order valence-electron chi connectivity index (χ2n) is 10.8. The van der Waals surface area contributed by atoms with Gasteiger partial charge < -0.3 is 14.5 Å². The largest absolute Gasteiger partial charge is 0.489 e. The topological polar surface area (TPSA) is 103 Å². The predicted octanol–water partition coefficient (Wildman–Crippen LogP) is 4.94. The first-order chi connectivity index (χ1) is 20.8. The van der Waals surface area contributed by atoms with E-state index < -0.39 is 17.8 Å². The van der Waals surface area contributed by atoms with Crippen molar-refractivity contribution in [3.05, 3.63) is 88.5 Å². The molecule has 0 bridgehead atoms. The molecule has 6 rings (SSSR count). The van der Waals surface area contributed by atoms with Crippen molar-refractivity contribution in [3.8, 4) is 11.8 Å². The van der Waals surface area contributed by atoms with Crippen molar-refractivity contribution >= 4 is 35.2 Å². The van der Waals surface area contributed by atoms with E-state index in [-0.39, 0.29) is 54.4 Å². The molecule has 8 nitrogen and oxygen atoms in total. The third-order valence-electron chi connectivity index (χ3n) is 8.08. The lowest BCUT2D eigenvalue weighted by molar-refractivity contribution is -0.136. The van der Waals surface area contributed by atoms with Gasteiger partial charge in [-0.25, -0.2) is 8.78 Å². The van der Waals surface area contributed by atoms with Crippen LogP contribution < -0.4 is 15.0 Å². The van der Waals surface area contributed by atoms with E-state index in [1.54, 1.807) is 36.4 Å². The molecule has 3 aromatic carbocycles. The second kappa shape index (κ2) is 12.1. The Balaban J connectivity index is 1.05. The summed E-state index contributed by atoms with van der Waals surface area (Å²) >= 11 is 1.48. The normalized spacial score (nSPS) is 18.8. The van der Waals surface area contributed by atoms with Crippen molar-refractivity contribution < 1.29 is 27.9 Å². The first kappa shape index (κ1) is 28.7. The summed E-state index contributed by atoms with van der Waals surface area (Å²) in [6, 6.07) is 15.9. The Morgan fingerprint density at radius 1 is 1.00 bits per heavy atom. The third-order valence-corrected chi connectivity index (χ3v) is 9.47. The molecule has 220 valence electrons. The molecule has 0 aromatic heterocycles. The fourth-order valence-corrected chi connectivity index (χ4v) is 6.93. The SMILES string of the molecule is N#Cc1ccc(N2CCC(Sc3ccc(COc4cccc5c4CN([C@H]4CCC(=O)NC4=O)C5=O)cc3F)CC2)c(F)c1. The first-order valence-electron chi connectivity index (χ1n) is 14.1. The highest BCUT2D eigenvalue weighted by Gasteiger charge is 2.40. The average molecular weight is 603 g/mol. The number of anilines is 1. The van der Waals surface area contributed by atoms with Crippen LogP contribution in [0.4, 0.5) is 14.5 Å². The van der Waals surface area contributed by atoms with Crippen LogP contribution in [0.25, 0.3) is 0 Å². The van der Waals surface area contributed by atoms with E-state index >= 15 is 4.39 Å². The van der Waals surface area contributed by atoms with Gasteiger partial charge in [0.25, 0.3) is 5.91 Å². The summed E-state index contributed by atoms with van der Waals surface area (Å²) < 4.78 is 35.6. The van der Waals surface area contributed by atoms with Gasteiger partial charge >= 0.3 is 0 Å². The number of benzene rings is 3. The number of carbonyl (C=O) groups is 3. The summed E-state index contributed by atoms with van der Waals surface area (Å²) in [5.74, 6) is -1.36. The van der Waals surface area contributed by atoms with Crippen molar-refractivity contribution in [3.63, 3.8) is 0 Å². The highest BCUT2D eigenvalue weighted by atomic mass is 32.2. The Kier molecular flexibility index (Phi) is 8.04. The number of thioether (sulfide) groups is 1. The van der Waals surface area contributed by atoms with E-state index in [2.05, 4.69) is 5.32 Å². The number of amides is 3. The number of hydrogen-bond donors (Lipinski definition) is 1. The summed E-state index contributed by atoms with van der Waals surface area (Å²) in [5.41, 5.74) is 2.52. The number of halogens is 2. The molecular formula is C32H28F2N4O4S. The van der Waals surface area contributed by atoms with Crippen molar-refractivity contribution in [1.29, 1.82) is 5.26 Å². The van der Waals surface area contributed by atoms with Crippen LogP contribution in [0.3, 0.4) is 0 Å². The number of nitrogens with one attached hydrogen (secondary N) is 1. The molecule has 0 spiro atoms. The fraction of sp³-hybridized carbons (Fsp3) is 0.312. The van der Waals surface area contributed by atoms with Crippen molar-refractivity contribution in [2.75, 3.05) is 18.0 Å². The standard InChI is InChI=1S/C32H28F2N4O4S/c33-24-14-19(16-35)4-6-26(24)37-12-10-21(11-13-37)43-29-8-5-20(15-25(29)34)18-42-28-3-1-2-22-23(28)17-38(32(22)41)27-7-9-30(39)36-31(27)40/h1-6,8,14-15,21,27H,7,9-13,17-18H2,(H,36,39,40)/t27-/m0/s1. The van der Waals surface area contributed by atoms with Crippen LogP contribution in [0.2, 0.25) is 0 Å². The lowest BCUT2D eigenvalue weighted by Crippen LogP contribution is -2.52. The fourth-order valence-electron chi connectivity index (χ4n) is 5.81. The van der Waals surface area contributed by atoms with Crippen LogP contribution in [0.5, 0.6) is 5.75 Å². The molecule has 1 N–H and O–H groups in total. The van der Waals surface area contributed by atoms with Gasteiger partial charge in [-0.2, -0.15) is 5.26 Å². The Hall–Kier alpha value is -4.43. The number of nitrogens with zero attached hydrogens (tertiary/aromatic N) is 3. The molecule has 3 aliphatic heterocycles. The van der Waals surface area contributed by atoms with Gasteiger partial charge in [0.1, 0.15) is 30.0 Å². The van der Waals surface area contributed by atoms with Crippen LogP contribution in [-0.4, -0.2) is 47.0 Å². The van der Waals surface area contributed by atoms with Gasteiger partial charge in [0, 0.05) is 40.8 Å². The Morgan fingerprint density at radius 3 is 2.53 bits per heavy atom. The zero-order valence-corrected chi connectivity index (χ0v) is 24.0. The van der Waals surface area contributed by atoms with E-state index in [1.807, 2.05) is 17.0 Å². The molecule has 0 radical (unpaired) electrons. The smallest absolute Gasteiger partial charge is 0.255 e. The average Bonchev–Trinajstić information content (AvgIpc) is 3.34. The maximum Gasteiger partial charge on any atom is 0.255 e. The van der Waals surface area contributed by atoms with Gasteiger partial charge in [-0.1, -0.05) is 12.1 Å². The summed E-state index contributed by atoms with van der Waals surface area (Å²) in [4.78, 5) is 40.9. The van der Waals surface area contributed by atoms with E-state index in [0.717, 1.165) is 12.8 Å². The van der Waals surface area contributed by atoms with Crippen molar-refractivity contribution in [2.45, 2.75) is 55.0 Å². The van der Waals surface area contributed by atoms with Gasteiger partial charge in [-0.3, -0.25) is 19.7 Å². The molecule has 0 aliphatic carbocycles. The number of hydrogen-bond acceptors (Lipinski definition) is 7. The zero-order valence-electron chi connectivity index (χ0n) is 23.1. The minimum atomic E-state index is -0.714. The number of piperidine rings is 2. The van der Waals surface area contributed by atoms with Gasteiger partial charge in [-0.05, 0) is 67.3 Å². The van der Waals surface area contributed by atoms with Crippen molar-refractivity contribution in [1.82, 2.24) is 10.2 Å². The van der Waals surface area contributed by atoms with E-state index in [4.69, 9.17) is 10.00 Å². The molecule has 3 amide bonds. The maximum atomic E-state index is 15.1. The zero-order chi connectivity index (χ0) is 30.1. The molecule has 3 heterocycles. The molecule has 43 heavy (non-hydrogen) atoms. The van der Waals surface area contributed by atoms with Crippen LogP contribution >= 0.6 is 11.8 Å². The lowest BCUT2D eigenvalue weighted by Gasteiger charge is -2.33. The van der Waals surface area contributed by atoms with Crippen molar-refractivity contribution in [2.24, 2.45) is 0 Å². The molecule has 2 saturated heterocycles. The van der Waals surface area contributed by atoms with Gasteiger partial charge in [-0.15, -0.1) is 11.8 Å². The quantitative estimate of drug-likeness (QED) is 0.383. The number of fused-ring (bicyclic) bond motifs is 1. The minimum Gasteiger partial charge on any atom is -0.489 e. The number of ether oxygens (including phenoxy) is 1. The van der Waals surface area contributed by atoms with E-state index in [1.165, 1.54) is 28.8 Å². The summed E-state index contributed by atoms with van der Waals surface area (Å²) in [6.45, 7) is 1.56. The Morgan fingerprint density at radius 2 is 1.81 bits per heavy atom. The molecular weight excluding hydrogens is 574 g/mol. The molecule has 0 unspecified atom stereocenters. The molecule has 0 saturated carbocycles. The predicted molar refractivity (Wildman–Crippen MR) is 155 cm³/mol. The van der Waals surface area contributed by atoms with Crippen LogP contribution in [0.1, 0.15) is 52.7 Å². The van der Waals surface area contributed by atoms with Gasteiger partial charge in [0.2, 0.25) is 11.8 Å². The first-order valence-corrected chi connectivity index (χ1v) is 15.0. The van der Waals surface area contributed by atoms with Crippen LogP contribution in [0, 0.1) is 23.0 Å². The third kappa shape index (κ3) is 5.92. The van der Waals surface area contributed by atoms with E-state index in [0.29, 0.717) is 46.1 Å². The molecule has 3 aromatic rings. The van der Waals surface area contributed by atoms with Crippen LogP contribution in [-0.2, 0) is 22.7 Å². The number of imide groups is 1.